The fourth-order valence-corrected chi connectivity index (χ4v) is 4.79. The first-order valence-electron chi connectivity index (χ1n) is 14.9. The van der Waals surface area contributed by atoms with E-state index in [1.54, 1.807) is 25.7 Å². The molecule has 3 amide bonds. The van der Waals surface area contributed by atoms with E-state index < -0.39 is 41.6 Å². The molecule has 9 nitrogen and oxygen atoms in total. The Morgan fingerprint density at radius 1 is 0.930 bits per heavy atom. The van der Waals surface area contributed by atoms with Crippen molar-refractivity contribution >= 4 is 23.9 Å². The van der Waals surface area contributed by atoms with Crippen molar-refractivity contribution in [1.82, 2.24) is 15.5 Å². The molecular formula is C34H49N3O6. The average Bonchev–Trinajstić information content (AvgIpc) is 2.93. The number of esters is 1. The van der Waals surface area contributed by atoms with Gasteiger partial charge >= 0.3 is 12.1 Å². The monoisotopic (exact) mass is 595 g/mol. The van der Waals surface area contributed by atoms with E-state index in [4.69, 9.17) is 9.47 Å². The summed E-state index contributed by atoms with van der Waals surface area (Å²) in [6.45, 7) is 14.8. The van der Waals surface area contributed by atoms with Crippen molar-refractivity contribution in [2.45, 2.75) is 98.4 Å². The number of nitrogens with one attached hydrogen (secondary N) is 2. The third-order valence-corrected chi connectivity index (χ3v) is 7.05. The molecular weight excluding hydrogens is 546 g/mol. The smallest absolute Gasteiger partial charge is 0.408 e. The molecule has 2 aromatic carbocycles. The predicted molar refractivity (Wildman–Crippen MR) is 167 cm³/mol. The zero-order valence-corrected chi connectivity index (χ0v) is 27.2. The van der Waals surface area contributed by atoms with Crippen LogP contribution in [0, 0.1) is 19.8 Å². The number of carbonyl (C=O) groups excluding carboxylic acids is 4. The Labute approximate surface area is 256 Å². The molecule has 2 rings (SSSR count). The van der Waals surface area contributed by atoms with Crippen LogP contribution in [0.3, 0.4) is 0 Å². The van der Waals surface area contributed by atoms with Gasteiger partial charge in [-0.1, -0.05) is 67.9 Å². The topological polar surface area (TPSA) is 114 Å². The first-order valence-corrected chi connectivity index (χ1v) is 14.9. The molecule has 0 fully saturated rings. The molecule has 2 N–H and O–H groups in total. The molecule has 0 aromatic heterocycles. The molecule has 0 heterocycles. The van der Waals surface area contributed by atoms with E-state index in [9.17, 15) is 19.2 Å². The highest BCUT2D eigenvalue weighted by atomic mass is 16.6. The lowest BCUT2D eigenvalue weighted by Crippen LogP contribution is -2.56. The van der Waals surface area contributed by atoms with Crippen LogP contribution in [0.4, 0.5) is 4.79 Å². The molecule has 0 radical (unpaired) electrons. The second kappa shape index (κ2) is 16.1. The fraction of sp³-hybridized carbons (Fsp3) is 0.529. The summed E-state index contributed by atoms with van der Waals surface area (Å²) in [5, 5.41) is 5.47. The number of benzene rings is 2. The summed E-state index contributed by atoms with van der Waals surface area (Å²) in [6, 6.07) is 12.6. The largest absolute Gasteiger partial charge is 0.468 e. The zero-order valence-electron chi connectivity index (χ0n) is 27.2. The summed E-state index contributed by atoms with van der Waals surface area (Å²) in [5.74, 6) is -1.18. The molecule has 0 saturated carbocycles. The standard InChI is InChI=1S/C34H49N3O6/c1-22(2)15-18-25(5)37(30(31(39)35-21-29(38)42-9)27-19-23(3)16-17-24(27)4)32(40)28(20-26-13-11-10-12-14-26)36-33(41)43-34(6,7)8/h10-14,16-17,19,22,25,28,30H,15,18,20-21H2,1-9H3,(H,35,39)(H,36,41). The summed E-state index contributed by atoms with van der Waals surface area (Å²) < 4.78 is 10.3. The molecule has 0 spiro atoms. The lowest BCUT2D eigenvalue weighted by atomic mass is 9.93. The molecule has 0 aliphatic rings. The van der Waals surface area contributed by atoms with Crippen molar-refractivity contribution in [1.29, 1.82) is 0 Å². The zero-order chi connectivity index (χ0) is 32.3. The molecule has 9 heteroatoms. The molecule has 3 atom stereocenters. The number of hydrogen-bond donors (Lipinski definition) is 2. The lowest BCUT2D eigenvalue weighted by molar-refractivity contribution is -0.146. The van der Waals surface area contributed by atoms with Gasteiger partial charge in [0.1, 0.15) is 24.2 Å². The maximum Gasteiger partial charge on any atom is 0.408 e. The van der Waals surface area contributed by atoms with Crippen molar-refractivity contribution in [2.24, 2.45) is 5.92 Å². The van der Waals surface area contributed by atoms with Gasteiger partial charge in [0, 0.05) is 12.5 Å². The second-order valence-corrected chi connectivity index (χ2v) is 12.5. The highest BCUT2D eigenvalue weighted by molar-refractivity contribution is 5.93. The molecule has 0 aliphatic heterocycles. The normalized spacial score (nSPS) is 13.4. The Morgan fingerprint density at radius 3 is 2.16 bits per heavy atom. The molecule has 3 unspecified atom stereocenters. The van der Waals surface area contributed by atoms with Crippen LogP contribution in [0.15, 0.2) is 48.5 Å². The third-order valence-electron chi connectivity index (χ3n) is 7.05. The van der Waals surface area contributed by atoms with E-state index in [0.717, 1.165) is 23.1 Å². The summed E-state index contributed by atoms with van der Waals surface area (Å²) in [5.41, 5.74) is 2.44. The maximum atomic E-state index is 14.7. The Morgan fingerprint density at radius 2 is 1.58 bits per heavy atom. The Balaban J connectivity index is 2.69. The van der Waals surface area contributed by atoms with Crippen molar-refractivity contribution < 1.29 is 28.7 Å². The predicted octanol–water partition coefficient (Wildman–Crippen LogP) is 5.42. The van der Waals surface area contributed by atoms with Crippen molar-refractivity contribution in [3.05, 3.63) is 70.8 Å². The number of ether oxygens (including phenoxy) is 2. The molecule has 43 heavy (non-hydrogen) atoms. The van der Waals surface area contributed by atoms with E-state index >= 15 is 0 Å². The van der Waals surface area contributed by atoms with Crippen molar-refractivity contribution in [3.63, 3.8) is 0 Å². The van der Waals surface area contributed by atoms with Crippen LogP contribution in [0.1, 0.15) is 82.7 Å². The number of methoxy groups -OCH3 is 1. The molecule has 0 saturated heterocycles. The minimum absolute atomic E-state index is 0.190. The Hall–Kier alpha value is -3.88. The first-order chi connectivity index (χ1) is 20.1. The van der Waals surface area contributed by atoms with E-state index in [0.29, 0.717) is 17.9 Å². The minimum Gasteiger partial charge on any atom is -0.468 e. The quantitative estimate of drug-likeness (QED) is 0.299. The van der Waals surface area contributed by atoms with Gasteiger partial charge in [0.2, 0.25) is 11.8 Å². The van der Waals surface area contributed by atoms with Gasteiger partial charge in [0.05, 0.1) is 7.11 Å². The lowest BCUT2D eigenvalue weighted by Gasteiger charge is -2.39. The molecule has 2 aromatic rings. The van der Waals surface area contributed by atoms with Crippen LogP contribution in [0.5, 0.6) is 0 Å². The Bertz CT molecular complexity index is 1240. The number of amides is 3. The third kappa shape index (κ3) is 11.4. The summed E-state index contributed by atoms with van der Waals surface area (Å²) in [6.07, 6.45) is 0.904. The first kappa shape index (κ1) is 35.3. The van der Waals surface area contributed by atoms with E-state index in [2.05, 4.69) is 24.5 Å². The van der Waals surface area contributed by atoms with Crippen LogP contribution >= 0.6 is 0 Å². The number of alkyl carbamates (subject to hydrolysis) is 1. The van der Waals surface area contributed by atoms with Gasteiger partial charge in [0.25, 0.3) is 0 Å². The van der Waals surface area contributed by atoms with Gasteiger partial charge in [-0.25, -0.2) is 4.79 Å². The van der Waals surface area contributed by atoms with Crippen molar-refractivity contribution in [2.75, 3.05) is 13.7 Å². The summed E-state index contributed by atoms with van der Waals surface area (Å²) in [4.78, 5) is 55.3. The van der Waals surface area contributed by atoms with E-state index in [-0.39, 0.29) is 19.0 Å². The number of rotatable bonds is 13. The van der Waals surface area contributed by atoms with Gasteiger partial charge in [0.15, 0.2) is 0 Å². The Kier molecular flexibility index (Phi) is 13.2. The van der Waals surface area contributed by atoms with Gasteiger partial charge in [-0.15, -0.1) is 0 Å². The van der Waals surface area contributed by atoms with Crippen LogP contribution in [0.25, 0.3) is 0 Å². The molecule has 0 bridgehead atoms. The number of nitrogens with zero attached hydrogens (tertiary/aromatic N) is 1. The number of hydrogen-bond acceptors (Lipinski definition) is 6. The van der Waals surface area contributed by atoms with Gasteiger partial charge in [-0.05, 0) is 77.0 Å². The van der Waals surface area contributed by atoms with Crippen LogP contribution in [0.2, 0.25) is 0 Å². The fourth-order valence-electron chi connectivity index (χ4n) is 4.79. The van der Waals surface area contributed by atoms with E-state index in [1.165, 1.54) is 7.11 Å². The highest BCUT2D eigenvalue weighted by Gasteiger charge is 2.39. The maximum absolute atomic E-state index is 14.7. The van der Waals surface area contributed by atoms with Crippen LogP contribution in [-0.4, -0.2) is 60.1 Å². The number of carbonyl (C=O) groups is 4. The van der Waals surface area contributed by atoms with Crippen molar-refractivity contribution in [3.8, 4) is 0 Å². The molecule has 236 valence electrons. The van der Waals surface area contributed by atoms with Gasteiger partial charge < -0.3 is 25.0 Å². The van der Waals surface area contributed by atoms with Gasteiger partial charge in [-0.3, -0.25) is 14.4 Å². The summed E-state index contributed by atoms with van der Waals surface area (Å²) in [7, 11) is 1.25. The van der Waals surface area contributed by atoms with Crippen LogP contribution in [-0.2, 0) is 30.3 Å². The highest BCUT2D eigenvalue weighted by Crippen LogP contribution is 2.30. The second-order valence-electron chi connectivity index (χ2n) is 12.5. The van der Waals surface area contributed by atoms with Gasteiger partial charge in [-0.2, -0.15) is 0 Å². The van der Waals surface area contributed by atoms with E-state index in [1.807, 2.05) is 69.3 Å². The molecule has 0 aliphatic carbocycles. The van der Waals surface area contributed by atoms with Crippen LogP contribution < -0.4 is 10.6 Å². The minimum atomic E-state index is -1.07. The SMILES string of the molecule is COC(=O)CNC(=O)C(c1cc(C)ccc1C)N(C(=O)C(Cc1ccccc1)NC(=O)OC(C)(C)C)C(C)CCC(C)C. The average molecular weight is 596 g/mol. The number of aryl methyl sites for hydroxylation is 2. The summed E-state index contributed by atoms with van der Waals surface area (Å²) >= 11 is 0.